The molecule has 7 nitrogen and oxygen atoms in total. The molecule has 0 amide bonds. The van der Waals surface area contributed by atoms with Crippen LogP contribution in [0.4, 0.5) is 0 Å². The molecule has 0 spiro atoms. The Morgan fingerprint density at radius 1 is 1.24 bits per heavy atom. The average molecular weight is 312 g/mol. The van der Waals surface area contributed by atoms with Crippen molar-refractivity contribution in [3.63, 3.8) is 0 Å². The van der Waals surface area contributed by atoms with Crippen LogP contribution in [0.15, 0.2) is 12.1 Å². The predicted molar refractivity (Wildman–Crippen MR) is 79.3 cm³/mol. The monoisotopic (exact) mass is 311 g/mol. The number of nitrogens with one attached hydrogen (secondary N) is 1. The Bertz CT molecular complexity index is 602. The van der Waals surface area contributed by atoms with Gasteiger partial charge in [-0.25, -0.2) is 0 Å². The van der Waals surface area contributed by atoms with Crippen LogP contribution in [0.2, 0.25) is 5.02 Å². The minimum atomic E-state index is 0.469. The van der Waals surface area contributed by atoms with Gasteiger partial charge >= 0.3 is 0 Å². The van der Waals surface area contributed by atoms with Gasteiger partial charge in [0, 0.05) is 12.1 Å². The fourth-order valence-corrected chi connectivity index (χ4v) is 2.12. The quantitative estimate of drug-likeness (QED) is 0.786. The Morgan fingerprint density at radius 2 is 2.00 bits per heavy atom. The van der Waals surface area contributed by atoms with Crippen molar-refractivity contribution < 1.29 is 9.47 Å². The summed E-state index contributed by atoms with van der Waals surface area (Å²) in [6.07, 6.45) is 1.04. The third kappa shape index (κ3) is 3.43. The first-order valence-electron chi connectivity index (χ1n) is 6.61. The number of hydrogen-bond acceptors (Lipinski definition) is 6. The van der Waals surface area contributed by atoms with Gasteiger partial charge in [0.15, 0.2) is 5.82 Å². The molecule has 0 saturated heterocycles. The number of tetrazole rings is 1. The summed E-state index contributed by atoms with van der Waals surface area (Å²) in [7, 11) is 3.13. The second-order valence-corrected chi connectivity index (χ2v) is 4.75. The molecule has 114 valence electrons. The Balaban J connectivity index is 2.39. The van der Waals surface area contributed by atoms with E-state index in [9.17, 15) is 0 Å². The van der Waals surface area contributed by atoms with Gasteiger partial charge in [-0.1, -0.05) is 18.5 Å². The highest BCUT2D eigenvalue weighted by atomic mass is 35.5. The van der Waals surface area contributed by atoms with Crippen molar-refractivity contribution in [2.75, 3.05) is 20.8 Å². The molecule has 21 heavy (non-hydrogen) atoms. The molecule has 2 aromatic rings. The molecule has 1 aromatic carbocycles. The molecule has 0 bridgehead atoms. The normalized spacial score (nSPS) is 10.7. The summed E-state index contributed by atoms with van der Waals surface area (Å²) in [5.74, 6) is 1.80. The van der Waals surface area contributed by atoms with Crippen LogP contribution in [0.3, 0.4) is 0 Å². The Hall–Kier alpha value is -1.86. The smallest absolute Gasteiger partial charge is 0.170 e. The molecular formula is C13H18ClN5O2. The van der Waals surface area contributed by atoms with Crippen LogP contribution in [0, 0.1) is 0 Å². The molecule has 1 N–H and O–H groups in total. The topological polar surface area (TPSA) is 74.1 Å². The summed E-state index contributed by atoms with van der Waals surface area (Å²) in [4.78, 5) is 0. The minimum absolute atomic E-state index is 0.469. The molecule has 0 radical (unpaired) electrons. The van der Waals surface area contributed by atoms with Gasteiger partial charge in [-0.3, -0.25) is 0 Å². The first kappa shape index (κ1) is 15.5. The fraction of sp³-hybridized carbons (Fsp3) is 0.462. The molecular weight excluding hydrogens is 294 g/mol. The van der Waals surface area contributed by atoms with Crippen molar-refractivity contribution in [3.8, 4) is 17.2 Å². The van der Waals surface area contributed by atoms with Gasteiger partial charge in [0.25, 0.3) is 0 Å². The molecule has 0 atom stereocenters. The molecule has 1 aromatic heterocycles. The Kier molecular flexibility index (Phi) is 5.35. The van der Waals surface area contributed by atoms with Crippen molar-refractivity contribution in [2.45, 2.75) is 19.9 Å². The first-order chi connectivity index (χ1) is 10.2. The largest absolute Gasteiger partial charge is 0.495 e. The van der Waals surface area contributed by atoms with Gasteiger partial charge in [0.1, 0.15) is 17.2 Å². The van der Waals surface area contributed by atoms with Crippen molar-refractivity contribution >= 4 is 11.6 Å². The van der Waals surface area contributed by atoms with Crippen molar-refractivity contribution in [2.24, 2.45) is 0 Å². The van der Waals surface area contributed by atoms with Gasteiger partial charge < -0.3 is 14.8 Å². The standard InChI is InChI=1S/C13H18ClN5O2/c1-4-5-15-8-13-16-17-18-19(13)10-7-11(20-2)9(14)6-12(10)21-3/h6-7,15H,4-5,8H2,1-3H3. The molecule has 2 rings (SSSR count). The van der Waals surface area contributed by atoms with Crippen LogP contribution in [-0.4, -0.2) is 41.0 Å². The number of nitrogens with zero attached hydrogens (tertiary/aromatic N) is 4. The molecule has 0 aliphatic rings. The van der Waals surface area contributed by atoms with Gasteiger partial charge in [-0.15, -0.1) is 5.10 Å². The van der Waals surface area contributed by atoms with E-state index in [0.29, 0.717) is 34.6 Å². The number of ether oxygens (including phenoxy) is 2. The fourth-order valence-electron chi connectivity index (χ4n) is 1.89. The summed E-state index contributed by atoms with van der Waals surface area (Å²) < 4.78 is 12.2. The minimum Gasteiger partial charge on any atom is -0.495 e. The molecule has 0 aliphatic heterocycles. The van der Waals surface area contributed by atoms with Gasteiger partial charge in [-0.2, -0.15) is 4.68 Å². The maximum absolute atomic E-state index is 6.11. The van der Waals surface area contributed by atoms with E-state index in [0.717, 1.165) is 13.0 Å². The Morgan fingerprint density at radius 3 is 2.67 bits per heavy atom. The van der Waals surface area contributed by atoms with Crippen molar-refractivity contribution in [3.05, 3.63) is 23.0 Å². The molecule has 0 unspecified atom stereocenters. The zero-order valence-electron chi connectivity index (χ0n) is 12.3. The van der Waals surface area contributed by atoms with E-state index in [1.807, 2.05) is 0 Å². The van der Waals surface area contributed by atoms with Crippen LogP contribution in [0.25, 0.3) is 5.69 Å². The molecule has 8 heteroatoms. The van der Waals surface area contributed by atoms with Gasteiger partial charge in [0.2, 0.25) is 0 Å². The van der Waals surface area contributed by atoms with Crippen LogP contribution in [0.5, 0.6) is 11.5 Å². The van der Waals surface area contributed by atoms with E-state index in [1.54, 1.807) is 31.0 Å². The molecule has 0 saturated carbocycles. The highest BCUT2D eigenvalue weighted by molar-refractivity contribution is 6.32. The first-order valence-corrected chi connectivity index (χ1v) is 6.98. The van der Waals surface area contributed by atoms with E-state index in [-0.39, 0.29) is 0 Å². The van der Waals surface area contributed by atoms with Crippen LogP contribution < -0.4 is 14.8 Å². The second-order valence-electron chi connectivity index (χ2n) is 4.34. The molecule has 0 aliphatic carbocycles. The zero-order valence-corrected chi connectivity index (χ0v) is 13.0. The Labute approximate surface area is 128 Å². The summed E-state index contributed by atoms with van der Waals surface area (Å²) in [6, 6.07) is 3.43. The second kappa shape index (κ2) is 7.24. The van der Waals surface area contributed by atoms with E-state index in [2.05, 4.69) is 27.8 Å². The number of benzene rings is 1. The third-order valence-corrected chi connectivity index (χ3v) is 3.22. The number of rotatable bonds is 7. The van der Waals surface area contributed by atoms with E-state index >= 15 is 0 Å². The zero-order chi connectivity index (χ0) is 15.2. The van der Waals surface area contributed by atoms with E-state index < -0.39 is 0 Å². The molecule has 1 heterocycles. The van der Waals surface area contributed by atoms with E-state index in [4.69, 9.17) is 21.1 Å². The number of halogens is 1. The van der Waals surface area contributed by atoms with Crippen LogP contribution >= 0.6 is 11.6 Å². The lowest BCUT2D eigenvalue weighted by atomic mass is 10.2. The van der Waals surface area contributed by atoms with E-state index in [1.165, 1.54) is 0 Å². The number of aromatic nitrogens is 4. The lowest BCUT2D eigenvalue weighted by molar-refractivity contribution is 0.400. The number of hydrogen-bond donors (Lipinski definition) is 1. The number of methoxy groups -OCH3 is 2. The maximum atomic E-state index is 6.11. The van der Waals surface area contributed by atoms with Gasteiger partial charge in [0.05, 0.1) is 25.8 Å². The lowest BCUT2D eigenvalue weighted by Gasteiger charge is -2.13. The van der Waals surface area contributed by atoms with Crippen LogP contribution in [0.1, 0.15) is 19.2 Å². The van der Waals surface area contributed by atoms with Crippen LogP contribution in [-0.2, 0) is 6.54 Å². The van der Waals surface area contributed by atoms with Crippen molar-refractivity contribution in [1.82, 2.24) is 25.5 Å². The SMILES string of the molecule is CCCNCc1nnnn1-c1cc(OC)c(Cl)cc1OC. The summed E-state index contributed by atoms with van der Waals surface area (Å²) in [6.45, 7) is 3.56. The molecule has 0 fully saturated rings. The van der Waals surface area contributed by atoms with Crippen molar-refractivity contribution in [1.29, 1.82) is 0 Å². The average Bonchev–Trinajstić information content (AvgIpc) is 2.95. The summed E-state index contributed by atoms with van der Waals surface area (Å²) in [5.41, 5.74) is 0.678. The summed E-state index contributed by atoms with van der Waals surface area (Å²) in [5, 5.41) is 15.5. The highest BCUT2D eigenvalue weighted by Crippen LogP contribution is 2.34. The predicted octanol–water partition coefficient (Wildman–Crippen LogP) is 1.83. The lowest BCUT2D eigenvalue weighted by Crippen LogP contribution is -2.18. The third-order valence-electron chi connectivity index (χ3n) is 2.93. The summed E-state index contributed by atoms with van der Waals surface area (Å²) >= 11 is 6.11. The maximum Gasteiger partial charge on any atom is 0.170 e. The highest BCUT2D eigenvalue weighted by Gasteiger charge is 2.16. The van der Waals surface area contributed by atoms with Gasteiger partial charge in [-0.05, 0) is 23.4 Å².